The van der Waals surface area contributed by atoms with E-state index in [2.05, 4.69) is 12.2 Å². The van der Waals surface area contributed by atoms with Gasteiger partial charge in [-0.1, -0.05) is 18.0 Å². The molecule has 1 aromatic rings. The Morgan fingerprint density at radius 3 is 2.83 bits per heavy atom. The second-order valence-corrected chi connectivity index (χ2v) is 6.44. The molecule has 4 atom stereocenters. The van der Waals surface area contributed by atoms with Crippen molar-refractivity contribution in [2.75, 3.05) is 11.1 Å². The van der Waals surface area contributed by atoms with Gasteiger partial charge in [-0.25, -0.2) is 0 Å². The fourth-order valence-corrected chi connectivity index (χ4v) is 4.08. The average Bonchev–Trinajstić information content (AvgIpc) is 2.96. The van der Waals surface area contributed by atoms with E-state index in [1.807, 2.05) is 18.2 Å². The van der Waals surface area contributed by atoms with Gasteiger partial charge in [-0.3, -0.25) is 0 Å². The number of rotatable bonds is 3. The lowest BCUT2D eigenvalue weighted by Gasteiger charge is -2.29. The maximum atomic E-state index is 6.03. The first-order valence-corrected chi connectivity index (χ1v) is 7.33. The van der Waals surface area contributed by atoms with Gasteiger partial charge in [0.2, 0.25) is 0 Å². The maximum Gasteiger partial charge on any atom is 0.0591 e. The smallest absolute Gasteiger partial charge is 0.0591 e. The Balaban J connectivity index is 1.70. The Labute approximate surface area is 114 Å². The summed E-state index contributed by atoms with van der Waals surface area (Å²) in [5, 5.41) is 4.31. The van der Waals surface area contributed by atoms with Crippen molar-refractivity contribution in [1.29, 1.82) is 0 Å². The van der Waals surface area contributed by atoms with Crippen LogP contribution in [-0.2, 0) is 0 Å². The highest BCUT2D eigenvalue weighted by atomic mass is 35.5. The number of fused-ring (bicyclic) bond motifs is 2. The zero-order valence-corrected chi connectivity index (χ0v) is 11.6. The van der Waals surface area contributed by atoms with Crippen LogP contribution in [0.25, 0.3) is 0 Å². The Morgan fingerprint density at radius 2 is 2.17 bits per heavy atom. The van der Waals surface area contributed by atoms with Crippen LogP contribution in [-0.4, -0.2) is 6.04 Å². The number of hydrogen-bond donors (Lipinski definition) is 2. The van der Waals surface area contributed by atoms with Gasteiger partial charge >= 0.3 is 0 Å². The van der Waals surface area contributed by atoms with Gasteiger partial charge < -0.3 is 11.1 Å². The van der Waals surface area contributed by atoms with E-state index < -0.39 is 0 Å². The number of nitrogen functional groups attached to an aromatic ring is 1. The van der Waals surface area contributed by atoms with Crippen molar-refractivity contribution in [1.82, 2.24) is 0 Å². The number of nitrogens with one attached hydrogen (secondary N) is 1. The fourth-order valence-electron chi connectivity index (χ4n) is 3.91. The summed E-state index contributed by atoms with van der Waals surface area (Å²) >= 11 is 6.03. The lowest BCUT2D eigenvalue weighted by molar-refractivity contribution is 0.304. The molecule has 0 spiro atoms. The van der Waals surface area contributed by atoms with E-state index in [0.717, 1.165) is 34.2 Å². The number of nitrogens with two attached hydrogens (primary N) is 1. The molecule has 3 N–H and O–H groups in total. The zero-order chi connectivity index (χ0) is 12.7. The molecule has 2 saturated carbocycles. The van der Waals surface area contributed by atoms with Gasteiger partial charge in [-0.05, 0) is 62.1 Å². The Bertz CT molecular complexity index is 446. The van der Waals surface area contributed by atoms with Crippen LogP contribution in [0.4, 0.5) is 11.4 Å². The fraction of sp³-hybridized carbons (Fsp3) is 0.600. The normalized spacial score (nSPS) is 31.6. The monoisotopic (exact) mass is 264 g/mol. The first-order valence-electron chi connectivity index (χ1n) is 6.95. The Hall–Kier alpha value is -0.890. The third-order valence-electron chi connectivity index (χ3n) is 4.83. The van der Waals surface area contributed by atoms with E-state index in [1.54, 1.807) is 0 Å². The highest BCUT2D eigenvalue weighted by molar-refractivity contribution is 6.31. The van der Waals surface area contributed by atoms with Crippen molar-refractivity contribution in [3.05, 3.63) is 23.2 Å². The minimum Gasteiger partial charge on any atom is -0.397 e. The average molecular weight is 265 g/mol. The molecule has 0 amide bonds. The van der Waals surface area contributed by atoms with Crippen molar-refractivity contribution >= 4 is 23.0 Å². The SMILES string of the molecule is CC(Nc1cc(Cl)ccc1N)C1CC2CCC1C2. The number of benzene rings is 1. The van der Waals surface area contributed by atoms with Crippen molar-refractivity contribution in [2.24, 2.45) is 17.8 Å². The summed E-state index contributed by atoms with van der Waals surface area (Å²) in [7, 11) is 0. The summed E-state index contributed by atoms with van der Waals surface area (Å²) in [4.78, 5) is 0. The maximum absolute atomic E-state index is 6.03. The van der Waals surface area contributed by atoms with Crippen LogP contribution in [0.15, 0.2) is 18.2 Å². The molecular formula is C15H21ClN2. The first kappa shape index (κ1) is 12.2. The van der Waals surface area contributed by atoms with E-state index in [1.165, 1.54) is 25.7 Å². The quantitative estimate of drug-likeness (QED) is 0.805. The van der Waals surface area contributed by atoms with Gasteiger partial charge in [0.05, 0.1) is 11.4 Å². The van der Waals surface area contributed by atoms with Crippen molar-refractivity contribution < 1.29 is 0 Å². The molecule has 2 nitrogen and oxygen atoms in total. The predicted molar refractivity (Wildman–Crippen MR) is 77.9 cm³/mol. The van der Waals surface area contributed by atoms with E-state index in [9.17, 15) is 0 Å². The summed E-state index contributed by atoms with van der Waals surface area (Å²) in [6.45, 7) is 2.28. The minimum absolute atomic E-state index is 0.487. The number of anilines is 2. The first-order chi connectivity index (χ1) is 8.63. The van der Waals surface area contributed by atoms with Crippen molar-refractivity contribution in [3.63, 3.8) is 0 Å². The predicted octanol–water partition coefficient (Wildman–Crippen LogP) is 4.16. The molecule has 0 heterocycles. The van der Waals surface area contributed by atoms with Gasteiger partial charge in [0.25, 0.3) is 0 Å². The lowest BCUT2D eigenvalue weighted by Crippen LogP contribution is -2.30. The van der Waals surface area contributed by atoms with Crippen LogP contribution in [0.2, 0.25) is 5.02 Å². The van der Waals surface area contributed by atoms with E-state index in [-0.39, 0.29) is 0 Å². The van der Waals surface area contributed by atoms with Crippen LogP contribution in [0.1, 0.15) is 32.6 Å². The second-order valence-electron chi connectivity index (χ2n) is 6.00. The largest absolute Gasteiger partial charge is 0.397 e. The van der Waals surface area contributed by atoms with Gasteiger partial charge in [0.15, 0.2) is 0 Å². The van der Waals surface area contributed by atoms with Gasteiger partial charge in [-0.2, -0.15) is 0 Å². The summed E-state index contributed by atoms with van der Waals surface area (Å²) in [6, 6.07) is 6.13. The van der Waals surface area contributed by atoms with E-state index in [0.29, 0.717) is 6.04 Å². The molecule has 2 aliphatic carbocycles. The molecule has 2 fully saturated rings. The van der Waals surface area contributed by atoms with E-state index in [4.69, 9.17) is 17.3 Å². The Kier molecular flexibility index (Phi) is 3.14. The molecule has 4 unspecified atom stereocenters. The molecule has 2 bridgehead atoms. The molecular weight excluding hydrogens is 244 g/mol. The standard InChI is InChI=1S/C15H21ClN2/c1-9(13-7-10-2-3-11(13)6-10)18-15-8-12(16)4-5-14(15)17/h4-5,8-11,13,18H,2-3,6-7,17H2,1H3. The summed E-state index contributed by atoms with van der Waals surface area (Å²) in [6.07, 6.45) is 5.71. The highest BCUT2D eigenvalue weighted by Crippen LogP contribution is 2.50. The zero-order valence-electron chi connectivity index (χ0n) is 10.8. The van der Waals surface area contributed by atoms with Crippen molar-refractivity contribution in [2.45, 2.75) is 38.6 Å². The molecule has 3 heteroatoms. The molecule has 0 saturated heterocycles. The molecule has 0 aromatic heterocycles. The highest BCUT2D eigenvalue weighted by Gasteiger charge is 2.41. The second kappa shape index (κ2) is 4.65. The lowest BCUT2D eigenvalue weighted by atomic mass is 9.84. The molecule has 0 radical (unpaired) electrons. The van der Waals surface area contributed by atoms with Gasteiger partial charge in [0.1, 0.15) is 0 Å². The van der Waals surface area contributed by atoms with Crippen molar-refractivity contribution in [3.8, 4) is 0 Å². The van der Waals surface area contributed by atoms with Crippen LogP contribution in [0, 0.1) is 17.8 Å². The molecule has 1 aromatic carbocycles. The molecule has 0 aliphatic heterocycles. The topological polar surface area (TPSA) is 38.0 Å². The Morgan fingerprint density at radius 1 is 1.33 bits per heavy atom. The van der Waals surface area contributed by atoms with Crippen LogP contribution < -0.4 is 11.1 Å². The molecule has 18 heavy (non-hydrogen) atoms. The summed E-state index contributed by atoms with van der Waals surface area (Å²) < 4.78 is 0. The summed E-state index contributed by atoms with van der Waals surface area (Å²) in [5.41, 5.74) is 7.76. The van der Waals surface area contributed by atoms with Crippen LogP contribution >= 0.6 is 11.6 Å². The number of halogens is 1. The summed E-state index contributed by atoms with van der Waals surface area (Å²) in [5.74, 6) is 2.72. The minimum atomic E-state index is 0.487. The van der Waals surface area contributed by atoms with Crippen LogP contribution in [0.3, 0.4) is 0 Å². The molecule has 3 rings (SSSR count). The number of hydrogen-bond acceptors (Lipinski definition) is 2. The third kappa shape index (κ3) is 2.18. The van der Waals surface area contributed by atoms with E-state index >= 15 is 0 Å². The van der Waals surface area contributed by atoms with Gasteiger partial charge in [-0.15, -0.1) is 0 Å². The van der Waals surface area contributed by atoms with Gasteiger partial charge in [0, 0.05) is 11.1 Å². The molecule has 2 aliphatic rings. The third-order valence-corrected chi connectivity index (χ3v) is 5.07. The van der Waals surface area contributed by atoms with Crippen LogP contribution in [0.5, 0.6) is 0 Å². The molecule has 98 valence electrons.